The Hall–Kier alpha value is -2.12. The first-order valence-electron chi connectivity index (χ1n) is 7.67. The second-order valence-corrected chi connectivity index (χ2v) is 5.71. The second kappa shape index (κ2) is 7.77. The van der Waals surface area contributed by atoms with Gasteiger partial charge in [-0.3, -0.25) is 4.79 Å². The van der Waals surface area contributed by atoms with Crippen molar-refractivity contribution in [3.63, 3.8) is 0 Å². The highest BCUT2D eigenvalue weighted by Gasteiger charge is 2.16. The van der Waals surface area contributed by atoms with Crippen LogP contribution in [0.3, 0.4) is 0 Å². The SMILES string of the molecule is CC(C)C#Cc1cc(C=N)c(NC2CCCCO2)cc1C=O. The van der Waals surface area contributed by atoms with Gasteiger partial charge in [-0.15, -0.1) is 0 Å². The lowest BCUT2D eigenvalue weighted by Gasteiger charge is -2.25. The van der Waals surface area contributed by atoms with Crippen LogP contribution < -0.4 is 5.32 Å². The molecule has 22 heavy (non-hydrogen) atoms. The van der Waals surface area contributed by atoms with Gasteiger partial charge in [0, 0.05) is 41.1 Å². The van der Waals surface area contributed by atoms with E-state index in [4.69, 9.17) is 10.1 Å². The number of carbonyl (C=O) groups excluding carboxylic acids is 1. The zero-order chi connectivity index (χ0) is 15.9. The minimum Gasteiger partial charge on any atom is -0.360 e. The van der Waals surface area contributed by atoms with Crippen LogP contribution in [-0.2, 0) is 4.74 Å². The molecule has 116 valence electrons. The van der Waals surface area contributed by atoms with E-state index in [0.717, 1.165) is 37.8 Å². The van der Waals surface area contributed by atoms with Gasteiger partial charge in [0.1, 0.15) is 6.23 Å². The first-order chi connectivity index (χ1) is 10.6. The summed E-state index contributed by atoms with van der Waals surface area (Å²) in [5.74, 6) is 6.32. The van der Waals surface area contributed by atoms with Crippen LogP contribution in [0.4, 0.5) is 5.69 Å². The number of hydrogen-bond acceptors (Lipinski definition) is 4. The molecule has 1 aromatic carbocycles. The topological polar surface area (TPSA) is 62.2 Å². The maximum atomic E-state index is 11.3. The van der Waals surface area contributed by atoms with Crippen LogP contribution in [0.15, 0.2) is 12.1 Å². The van der Waals surface area contributed by atoms with Gasteiger partial charge in [-0.05, 0) is 31.4 Å². The summed E-state index contributed by atoms with van der Waals surface area (Å²) in [7, 11) is 0. The van der Waals surface area contributed by atoms with Crippen LogP contribution in [0.25, 0.3) is 0 Å². The van der Waals surface area contributed by atoms with Gasteiger partial charge in [0.2, 0.25) is 0 Å². The summed E-state index contributed by atoms with van der Waals surface area (Å²) in [4.78, 5) is 11.3. The number of rotatable bonds is 4. The predicted octanol–water partition coefficient (Wildman–Crippen LogP) is 3.44. The van der Waals surface area contributed by atoms with Crippen molar-refractivity contribution < 1.29 is 9.53 Å². The van der Waals surface area contributed by atoms with Crippen molar-refractivity contribution in [2.45, 2.75) is 39.3 Å². The fraction of sp³-hybridized carbons (Fsp3) is 0.444. The number of nitrogens with one attached hydrogen (secondary N) is 2. The van der Waals surface area contributed by atoms with E-state index in [1.165, 1.54) is 6.21 Å². The maximum absolute atomic E-state index is 11.3. The Labute approximate surface area is 131 Å². The van der Waals surface area contributed by atoms with Gasteiger partial charge in [0.15, 0.2) is 6.29 Å². The van der Waals surface area contributed by atoms with Crippen LogP contribution >= 0.6 is 0 Å². The predicted molar refractivity (Wildman–Crippen MR) is 88.6 cm³/mol. The third-order valence-corrected chi connectivity index (χ3v) is 3.50. The van der Waals surface area contributed by atoms with E-state index in [2.05, 4.69) is 17.2 Å². The number of ether oxygens (including phenoxy) is 1. The minimum absolute atomic E-state index is 0.0560. The first-order valence-corrected chi connectivity index (χ1v) is 7.67. The third kappa shape index (κ3) is 4.19. The van der Waals surface area contributed by atoms with Crippen molar-refractivity contribution in [1.29, 1.82) is 5.41 Å². The number of hydrogen-bond donors (Lipinski definition) is 2. The van der Waals surface area contributed by atoms with Crippen LogP contribution in [0.1, 0.15) is 54.6 Å². The Morgan fingerprint density at radius 2 is 2.18 bits per heavy atom. The van der Waals surface area contributed by atoms with Crippen LogP contribution in [-0.4, -0.2) is 25.3 Å². The lowest BCUT2D eigenvalue weighted by molar-refractivity contribution is 0.0343. The molecule has 0 amide bonds. The zero-order valence-electron chi connectivity index (χ0n) is 13.1. The van der Waals surface area contributed by atoms with E-state index in [1.54, 1.807) is 12.1 Å². The molecule has 1 unspecified atom stereocenters. The number of anilines is 1. The molecule has 1 aliphatic rings. The molecule has 1 fully saturated rings. The molecule has 2 rings (SSSR count). The summed E-state index contributed by atoms with van der Waals surface area (Å²) in [5.41, 5.74) is 2.67. The van der Waals surface area contributed by atoms with E-state index in [1.807, 2.05) is 13.8 Å². The van der Waals surface area contributed by atoms with Crippen molar-refractivity contribution >= 4 is 18.2 Å². The smallest absolute Gasteiger partial charge is 0.151 e. The zero-order valence-corrected chi connectivity index (χ0v) is 13.1. The molecule has 0 radical (unpaired) electrons. The molecular formula is C18H22N2O2. The van der Waals surface area contributed by atoms with Crippen molar-refractivity contribution in [3.8, 4) is 11.8 Å². The van der Waals surface area contributed by atoms with E-state index < -0.39 is 0 Å². The molecular weight excluding hydrogens is 276 g/mol. The van der Waals surface area contributed by atoms with Crippen LogP contribution in [0.5, 0.6) is 0 Å². The van der Waals surface area contributed by atoms with E-state index >= 15 is 0 Å². The lowest BCUT2D eigenvalue weighted by atomic mass is 10.0. The lowest BCUT2D eigenvalue weighted by Crippen LogP contribution is -2.27. The van der Waals surface area contributed by atoms with E-state index in [9.17, 15) is 4.79 Å². The molecule has 0 saturated carbocycles. The first kappa shape index (κ1) is 16.3. The summed E-state index contributed by atoms with van der Waals surface area (Å²) in [6.45, 7) is 4.75. The van der Waals surface area contributed by atoms with Crippen molar-refractivity contribution in [1.82, 2.24) is 0 Å². The molecule has 2 N–H and O–H groups in total. The Kier molecular flexibility index (Phi) is 5.74. The Morgan fingerprint density at radius 1 is 1.36 bits per heavy atom. The normalized spacial score (nSPS) is 17.5. The molecule has 1 heterocycles. The Balaban J connectivity index is 2.32. The summed E-state index contributed by atoms with van der Waals surface area (Å²) >= 11 is 0. The number of carbonyl (C=O) groups is 1. The Bertz CT molecular complexity index is 605. The molecule has 1 aromatic rings. The third-order valence-electron chi connectivity index (χ3n) is 3.50. The van der Waals surface area contributed by atoms with Crippen LogP contribution in [0.2, 0.25) is 0 Å². The van der Waals surface area contributed by atoms with Crippen LogP contribution in [0, 0.1) is 23.2 Å². The highest BCUT2D eigenvalue weighted by molar-refractivity contribution is 5.91. The molecule has 4 heteroatoms. The monoisotopic (exact) mass is 298 g/mol. The highest BCUT2D eigenvalue weighted by Crippen LogP contribution is 2.23. The summed E-state index contributed by atoms with van der Waals surface area (Å²) in [6, 6.07) is 3.55. The molecule has 0 aromatic heterocycles. The Morgan fingerprint density at radius 3 is 2.77 bits per heavy atom. The van der Waals surface area contributed by atoms with E-state index in [-0.39, 0.29) is 12.1 Å². The average molecular weight is 298 g/mol. The highest BCUT2D eigenvalue weighted by atomic mass is 16.5. The standard InChI is InChI=1S/C18H22N2O2/c1-13(2)6-7-14-9-15(11-19)17(10-16(14)12-21)20-18-5-3-4-8-22-18/h9-13,18-20H,3-5,8H2,1-2H3. The molecule has 0 aliphatic carbocycles. The van der Waals surface area contributed by atoms with Gasteiger partial charge in [0.05, 0.1) is 0 Å². The quantitative estimate of drug-likeness (QED) is 0.508. The molecule has 1 saturated heterocycles. The summed E-state index contributed by atoms with van der Waals surface area (Å²) in [6.07, 6.45) is 5.17. The van der Waals surface area contributed by atoms with Gasteiger partial charge in [-0.2, -0.15) is 0 Å². The average Bonchev–Trinajstić information content (AvgIpc) is 2.54. The maximum Gasteiger partial charge on any atom is 0.151 e. The van der Waals surface area contributed by atoms with Gasteiger partial charge in [-0.25, -0.2) is 0 Å². The number of benzene rings is 1. The number of aldehydes is 1. The van der Waals surface area contributed by atoms with Gasteiger partial charge < -0.3 is 15.5 Å². The summed E-state index contributed by atoms with van der Waals surface area (Å²) < 4.78 is 5.66. The van der Waals surface area contributed by atoms with Gasteiger partial charge in [0.25, 0.3) is 0 Å². The fourth-order valence-electron chi connectivity index (χ4n) is 2.33. The largest absolute Gasteiger partial charge is 0.360 e. The molecule has 0 spiro atoms. The minimum atomic E-state index is -0.0560. The molecule has 1 aliphatic heterocycles. The molecule has 0 bridgehead atoms. The van der Waals surface area contributed by atoms with Crippen molar-refractivity contribution in [3.05, 3.63) is 28.8 Å². The second-order valence-electron chi connectivity index (χ2n) is 5.71. The van der Waals surface area contributed by atoms with Crippen molar-refractivity contribution in [2.75, 3.05) is 11.9 Å². The fourth-order valence-corrected chi connectivity index (χ4v) is 2.33. The molecule has 4 nitrogen and oxygen atoms in total. The van der Waals surface area contributed by atoms with Crippen molar-refractivity contribution in [2.24, 2.45) is 5.92 Å². The summed E-state index contributed by atoms with van der Waals surface area (Å²) in [5, 5.41) is 10.9. The van der Waals surface area contributed by atoms with Gasteiger partial charge >= 0.3 is 0 Å². The van der Waals surface area contributed by atoms with Gasteiger partial charge in [-0.1, -0.05) is 25.7 Å². The van der Waals surface area contributed by atoms with E-state index in [0.29, 0.717) is 16.7 Å². The molecule has 1 atom stereocenters.